The van der Waals surface area contributed by atoms with Gasteiger partial charge in [-0.05, 0) is 25.0 Å². The van der Waals surface area contributed by atoms with E-state index in [9.17, 15) is 10.1 Å². The number of benzene rings is 1. The lowest BCUT2D eigenvalue weighted by Gasteiger charge is -2.13. The fourth-order valence-electron chi connectivity index (χ4n) is 1.69. The fraction of sp³-hybridized carbons (Fsp3) is 0.538. The maximum atomic E-state index is 10.6. The molecule has 0 saturated carbocycles. The normalized spacial score (nSPS) is 12.4. The maximum absolute atomic E-state index is 10.6. The van der Waals surface area contributed by atoms with E-state index in [4.69, 9.17) is 11.6 Å². The highest BCUT2D eigenvalue weighted by atomic mass is 35.5. The minimum absolute atomic E-state index is 0.0304. The van der Waals surface area contributed by atoms with Gasteiger partial charge < -0.3 is 5.32 Å². The monoisotopic (exact) mass is 270 g/mol. The molecule has 100 valence electrons. The largest absolute Gasteiger partial charge is 0.310 e. The zero-order valence-electron chi connectivity index (χ0n) is 10.8. The number of nitrogens with zero attached hydrogens (tertiary/aromatic N) is 1. The van der Waals surface area contributed by atoms with Crippen LogP contribution in [-0.2, 0) is 6.54 Å². The molecule has 1 atom stereocenters. The van der Waals surface area contributed by atoms with E-state index in [0.717, 1.165) is 12.0 Å². The van der Waals surface area contributed by atoms with Gasteiger partial charge in [-0.15, -0.1) is 0 Å². The Morgan fingerprint density at radius 1 is 1.50 bits per heavy atom. The minimum atomic E-state index is -0.438. The Hall–Kier alpha value is -1.13. The highest BCUT2D eigenvalue weighted by Gasteiger charge is 2.09. The molecule has 0 fully saturated rings. The first-order valence-electron chi connectivity index (χ1n) is 6.20. The minimum Gasteiger partial charge on any atom is -0.310 e. The van der Waals surface area contributed by atoms with Crippen molar-refractivity contribution < 1.29 is 4.92 Å². The molecule has 0 saturated heterocycles. The van der Waals surface area contributed by atoms with Crippen molar-refractivity contribution in [3.63, 3.8) is 0 Å². The SMILES string of the molecule is CCCCC(C)NCc1ccc([N+](=O)[O-])cc1Cl. The summed E-state index contributed by atoms with van der Waals surface area (Å²) in [5, 5.41) is 14.4. The number of non-ortho nitro benzene ring substituents is 1. The number of hydrogen-bond acceptors (Lipinski definition) is 3. The Morgan fingerprint density at radius 2 is 2.22 bits per heavy atom. The molecule has 0 aromatic heterocycles. The van der Waals surface area contributed by atoms with Crippen LogP contribution in [0.5, 0.6) is 0 Å². The van der Waals surface area contributed by atoms with Gasteiger partial charge in [-0.3, -0.25) is 10.1 Å². The summed E-state index contributed by atoms with van der Waals surface area (Å²) < 4.78 is 0. The molecular formula is C13H19ClN2O2. The number of unbranched alkanes of at least 4 members (excludes halogenated alkanes) is 1. The molecule has 0 bridgehead atoms. The fourth-order valence-corrected chi connectivity index (χ4v) is 1.93. The predicted molar refractivity (Wildman–Crippen MR) is 73.9 cm³/mol. The molecule has 0 amide bonds. The van der Waals surface area contributed by atoms with Gasteiger partial charge in [0.25, 0.3) is 5.69 Å². The summed E-state index contributed by atoms with van der Waals surface area (Å²) in [6.07, 6.45) is 3.51. The molecule has 1 aromatic rings. The molecule has 0 aliphatic heterocycles. The Balaban J connectivity index is 2.55. The Kier molecular flexibility index (Phi) is 6.09. The van der Waals surface area contributed by atoms with Crippen molar-refractivity contribution in [1.82, 2.24) is 5.32 Å². The molecule has 4 nitrogen and oxygen atoms in total. The number of rotatable bonds is 7. The van der Waals surface area contributed by atoms with Crippen molar-refractivity contribution >= 4 is 17.3 Å². The van der Waals surface area contributed by atoms with Crippen molar-refractivity contribution in [1.29, 1.82) is 0 Å². The second kappa shape index (κ2) is 7.34. The molecule has 1 unspecified atom stereocenters. The molecule has 5 heteroatoms. The van der Waals surface area contributed by atoms with Gasteiger partial charge in [-0.1, -0.05) is 31.4 Å². The number of nitro groups is 1. The van der Waals surface area contributed by atoms with Gasteiger partial charge in [-0.25, -0.2) is 0 Å². The van der Waals surface area contributed by atoms with Gasteiger partial charge in [0.2, 0.25) is 0 Å². The van der Waals surface area contributed by atoms with Crippen LogP contribution < -0.4 is 5.32 Å². The van der Waals surface area contributed by atoms with Gasteiger partial charge in [0.05, 0.1) is 9.95 Å². The standard InChI is InChI=1S/C13H19ClN2O2/c1-3-4-5-10(2)15-9-11-6-7-12(16(17)18)8-13(11)14/h6-8,10,15H,3-5,9H2,1-2H3. The van der Waals surface area contributed by atoms with E-state index in [-0.39, 0.29) is 5.69 Å². The third-order valence-corrected chi connectivity index (χ3v) is 3.23. The summed E-state index contributed by atoms with van der Waals surface area (Å²) in [6.45, 7) is 4.94. The molecular weight excluding hydrogens is 252 g/mol. The molecule has 0 aliphatic rings. The number of hydrogen-bond donors (Lipinski definition) is 1. The lowest BCUT2D eigenvalue weighted by atomic mass is 10.1. The van der Waals surface area contributed by atoms with Crippen molar-refractivity contribution in [3.8, 4) is 0 Å². The molecule has 0 radical (unpaired) electrons. The van der Waals surface area contributed by atoms with Crippen molar-refractivity contribution in [2.75, 3.05) is 0 Å². The van der Waals surface area contributed by atoms with E-state index >= 15 is 0 Å². The van der Waals surface area contributed by atoms with Crippen molar-refractivity contribution in [2.45, 2.75) is 45.7 Å². The van der Waals surface area contributed by atoms with Crippen LogP contribution in [0.25, 0.3) is 0 Å². The summed E-state index contributed by atoms with van der Waals surface area (Å²) in [6, 6.07) is 5.02. The van der Waals surface area contributed by atoms with Crippen LogP contribution in [0, 0.1) is 10.1 Å². The molecule has 18 heavy (non-hydrogen) atoms. The van der Waals surface area contributed by atoms with E-state index in [0.29, 0.717) is 17.6 Å². The average molecular weight is 271 g/mol. The lowest BCUT2D eigenvalue weighted by molar-refractivity contribution is -0.384. The molecule has 0 spiro atoms. The summed E-state index contributed by atoms with van der Waals surface area (Å²) in [5.41, 5.74) is 0.924. The van der Waals surface area contributed by atoms with Crippen LogP contribution in [0.4, 0.5) is 5.69 Å². The first kappa shape index (κ1) is 14.9. The highest BCUT2D eigenvalue weighted by molar-refractivity contribution is 6.31. The number of nitro benzene ring substituents is 1. The van der Waals surface area contributed by atoms with Crippen LogP contribution in [0.3, 0.4) is 0 Å². The summed E-state index contributed by atoms with van der Waals surface area (Å²) >= 11 is 6.02. The zero-order chi connectivity index (χ0) is 13.5. The molecule has 1 aromatic carbocycles. The Morgan fingerprint density at radius 3 is 2.78 bits per heavy atom. The van der Waals surface area contributed by atoms with Crippen molar-refractivity contribution in [3.05, 3.63) is 38.9 Å². The summed E-state index contributed by atoms with van der Waals surface area (Å²) in [5.74, 6) is 0. The Bertz CT molecular complexity index is 410. The van der Waals surface area contributed by atoms with Crippen LogP contribution >= 0.6 is 11.6 Å². The van der Waals surface area contributed by atoms with Crippen LogP contribution in [-0.4, -0.2) is 11.0 Å². The number of nitrogens with one attached hydrogen (secondary N) is 1. The molecule has 0 heterocycles. The first-order chi connectivity index (χ1) is 8.54. The summed E-state index contributed by atoms with van der Waals surface area (Å²) in [7, 11) is 0. The topological polar surface area (TPSA) is 55.2 Å². The van der Waals surface area contributed by atoms with Crippen LogP contribution in [0.15, 0.2) is 18.2 Å². The summed E-state index contributed by atoms with van der Waals surface area (Å²) in [4.78, 5) is 10.1. The third kappa shape index (κ3) is 4.63. The first-order valence-corrected chi connectivity index (χ1v) is 6.58. The van der Waals surface area contributed by atoms with Crippen LogP contribution in [0.2, 0.25) is 5.02 Å². The van der Waals surface area contributed by atoms with Gasteiger partial charge in [-0.2, -0.15) is 0 Å². The maximum Gasteiger partial charge on any atom is 0.270 e. The Labute approximate surface area is 112 Å². The molecule has 1 rings (SSSR count). The average Bonchev–Trinajstić information content (AvgIpc) is 2.34. The quantitative estimate of drug-likeness (QED) is 0.603. The van der Waals surface area contributed by atoms with E-state index in [1.807, 2.05) is 0 Å². The van der Waals surface area contributed by atoms with Gasteiger partial charge >= 0.3 is 0 Å². The van der Waals surface area contributed by atoms with Crippen LogP contribution in [0.1, 0.15) is 38.7 Å². The van der Waals surface area contributed by atoms with Gasteiger partial charge in [0.1, 0.15) is 0 Å². The molecule has 1 N–H and O–H groups in total. The van der Waals surface area contributed by atoms with E-state index in [1.54, 1.807) is 6.07 Å². The van der Waals surface area contributed by atoms with E-state index in [2.05, 4.69) is 19.2 Å². The lowest BCUT2D eigenvalue weighted by Crippen LogP contribution is -2.25. The zero-order valence-corrected chi connectivity index (χ0v) is 11.5. The smallest absolute Gasteiger partial charge is 0.270 e. The predicted octanol–water partition coefficient (Wildman–Crippen LogP) is 3.92. The second-order valence-electron chi connectivity index (χ2n) is 4.46. The van der Waals surface area contributed by atoms with E-state index in [1.165, 1.54) is 25.0 Å². The molecule has 0 aliphatic carbocycles. The highest BCUT2D eigenvalue weighted by Crippen LogP contribution is 2.22. The number of halogens is 1. The second-order valence-corrected chi connectivity index (χ2v) is 4.86. The van der Waals surface area contributed by atoms with Crippen molar-refractivity contribution in [2.24, 2.45) is 0 Å². The van der Waals surface area contributed by atoms with Gasteiger partial charge in [0.15, 0.2) is 0 Å². The van der Waals surface area contributed by atoms with E-state index < -0.39 is 4.92 Å². The third-order valence-electron chi connectivity index (χ3n) is 2.88. The van der Waals surface area contributed by atoms with Gasteiger partial charge in [0, 0.05) is 24.7 Å².